The zero-order valence-corrected chi connectivity index (χ0v) is 14.8. The van der Waals surface area contributed by atoms with Crippen molar-refractivity contribution in [3.05, 3.63) is 65.2 Å². The minimum Gasteiger partial charge on any atom is -0.488 e. The highest BCUT2D eigenvalue weighted by Gasteiger charge is 2.21. The van der Waals surface area contributed by atoms with Crippen LogP contribution in [0.4, 0.5) is 0 Å². The molecule has 0 saturated carbocycles. The number of rotatable bonds is 8. The summed E-state index contributed by atoms with van der Waals surface area (Å²) in [5.74, 6) is 1.03. The van der Waals surface area contributed by atoms with E-state index >= 15 is 0 Å². The molecule has 1 atom stereocenters. The molecule has 4 heteroatoms. The zero-order chi connectivity index (χ0) is 17.5. The molecule has 1 unspecified atom stereocenters. The van der Waals surface area contributed by atoms with Crippen LogP contribution in [0.15, 0.2) is 48.5 Å². The average molecular weight is 338 g/mol. The molecule has 0 saturated heterocycles. The van der Waals surface area contributed by atoms with Crippen molar-refractivity contribution in [2.45, 2.75) is 32.3 Å². The van der Waals surface area contributed by atoms with Gasteiger partial charge in [-0.1, -0.05) is 35.9 Å². The SMILES string of the molecule is Cc1cccc(C(=O)NCCCCNCC2Cc3ccccc3O2)c1. The Labute approximate surface area is 149 Å². The third-order valence-electron chi connectivity index (χ3n) is 4.43. The van der Waals surface area contributed by atoms with Gasteiger partial charge in [0.25, 0.3) is 5.91 Å². The number of carbonyl (C=O) groups is 1. The van der Waals surface area contributed by atoms with E-state index in [1.54, 1.807) is 0 Å². The third kappa shape index (κ3) is 5.07. The van der Waals surface area contributed by atoms with Crippen molar-refractivity contribution in [2.75, 3.05) is 19.6 Å². The number of nitrogens with one attached hydrogen (secondary N) is 2. The summed E-state index contributed by atoms with van der Waals surface area (Å²) in [5, 5.41) is 6.43. The van der Waals surface area contributed by atoms with E-state index in [0.29, 0.717) is 6.54 Å². The highest BCUT2D eigenvalue weighted by molar-refractivity contribution is 5.94. The van der Waals surface area contributed by atoms with Gasteiger partial charge in [-0.15, -0.1) is 0 Å². The molecule has 132 valence electrons. The second-order valence-corrected chi connectivity index (χ2v) is 6.59. The maximum atomic E-state index is 12.0. The van der Waals surface area contributed by atoms with E-state index in [2.05, 4.69) is 22.8 Å². The van der Waals surface area contributed by atoms with Crippen LogP contribution in [0.25, 0.3) is 0 Å². The maximum absolute atomic E-state index is 12.0. The Hall–Kier alpha value is -2.33. The van der Waals surface area contributed by atoms with Crippen molar-refractivity contribution in [1.29, 1.82) is 0 Å². The summed E-state index contributed by atoms with van der Waals surface area (Å²) in [5.41, 5.74) is 3.14. The minimum absolute atomic E-state index is 0.00813. The molecular formula is C21H26N2O2. The normalized spacial score (nSPS) is 15.5. The van der Waals surface area contributed by atoms with Crippen LogP contribution >= 0.6 is 0 Å². The first-order chi connectivity index (χ1) is 12.2. The van der Waals surface area contributed by atoms with E-state index in [4.69, 9.17) is 4.74 Å². The first kappa shape index (κ1) is 17.5. The van der Waals surface area contributed by atoms with E-state index in [1.165, 1.54) is 5.56 Å². The number of ether oxygens (including phenoxy) is 1. The molecule has 1 aliphatic heterocycles. The molecule has 1 amide bonds. The number of fused-ring (bicyclic) bond motifs is 1. The van der Waals surface area contributed by atoms with Crippen LogP contribution in [-0.2, 0) is 6.42 Å². The molecule has 4 nitrogen and oxygen atoms in total. The van der Waals surface area contributed by atoms with Gasteiger partial charge in [0.05, 0.1) is 0 Å². The lowest BCUT2D eigenvalue weighted by Gasteiger charge is -2.12. The number of hydrogen-bond donors (Lipinski definition) is 2. The number of benzene rings is 2. The molecule has 25 heavy (non-hydrogen) atoms. The molecule has 0 radical (unpaired) electrons. The van der Waals surface area contributed by atoms with E-state index in [-0.39, 0.29) is 12.0 Å². The van der Waals surface area contributed by atoms with Gasteiger partial charge < -0.3 is 15.4 Å². The molecular weight excluding hydrogens is 312 g/mol. The average Bonchev–Trinajstić information content (AvgIpc) is 3.03. The number of unbranched alkanes of at least 4 members (excludes halogenated alkanes) is 1. The Kier molecular flexibility index (Phi) is 6.07. The van der Waals surface area contributed by atoms with Crippen molar-refractivity contribution >= 4 is 5.91 Å². The largest absolute Gasteiger partial charge is 0.488 e. The van der Waals surface area contributed by atoms with Gasteiger partial charge in [-0.25, -0.2) is 0 Å². The summed E-state index contributed by atoms with van der Waals surface area (Å²) < 4.78 is 5.91. The van der Waals surface area contributed by atoms with Crippen LogP contribution in [0.5, 0.6) is 5.75 Å². The molecule has 0 bridgehead atoms. The van der Waals surface area contributed by atoms with E-state index < -0.39 is 0 Å². The maximum Gasteiger partial charge on any atom is 0.251 e. The molecule has 2 aromatic rings. The van der Waals surface area contributed by atoms with Gasteiger partial charge >= 0.3 is 0 Å². The topological polar surface area (TPSA) is 50.4 Å². The number of amides is 1. The van der Waals surface area contributed by atoms with Gasteiger partial charge in [-0.3, -0.25) is 4.79 Å². The fourth-order valence-electron chi connectivity index (χ4n) is 3.10. The highest BCUT2D eigenvalue weighted by Crippen LogP contribution is 2.27. The third-order valence-corrected chi connectivity index (χ3v) is 4.43. The molecule has 1 heterocycles. The number of carbonyl (C=O) groups excluding carboxylic acids is 1. The second-order valence-electron chi connectivity index (χ2n) is 6.59. The van der Waals surface area contributed by atoms with Crippen molar-refractivity contribution in [1.82, 2.24) is 10.6 Å². The van der Waals surface area contributed by atoms with Gasteiger partial charge in [0, 0.05) is 25.1 Å². The predicted molar refractivity (Wildman–Crippen MR) is 100 cm³/mol. The van der Waals surface area contributed by atoms with Crippen LogP contribution in [0.3, 0.4) is 0 Å². The summed E-state index contributed by atoms with van der Waals surface area (Å²) in [6.07, 6.45) is 3.22. The molecule has 0 aromatic heterocycles. The lowest BCUT2D eigenvalue weighted by molar-refractivity contribution is 0.0953. The Balaban J connectivity index is 1.25. The lowest BCUT2D eigenvalue weighted by atomic mass is 10.1. The van der Waals surface area contributed by atoms with Crippen LogP contribution < -0.4 is 15.4 Å². The second kappa shape index (κ2) is 8.67. The van der Waals surface area contributed by atoms with Crippen LogP contribution in [0, 0.1) is 6.92 Å². The van der Waals surface area contributed by atoms with Gasteiger partial charge in [0.2, 0.25) is 0 Å². The first-order valence-electron chi connectivity index (χ1n) is 9.02. The standard InChI is InChI=1S/C21H26N2O2/c1-16-7-6-9-18(13-16)21(24)23-12-5-4-11-22-15-19-14-17-8-2-3-10-20(17)25-19/h2-3,6-10,13,19,22H,4-5,11-12,14-15H2,1H3,(H,23,24). The Morgan fingerprint density at radius 3 is 2.80 bits per heavy atom. The number of aryl methyl sites for hydroxylation is 1. The molecule has 1 aliphatic rings. The van der Waals surface area contributed by atoms with Crippen molar-refractivity contribution in [3.63, 3.8) is 0 Å². The highest BCUT2D eigenvalue weighted by atomic mass is 16.5. The van der Waals surface area contributed by atoms with Gasteiger partial charge in [0.15, 0.2) is 0 Å². The fourth-order valence-corrected chi connectivity index (χ4v) is 3.10. The monoisotopic (exact) mass is 338 g/mol. The molecule has 0 fully saturated rings. The quantitative estimate of drug-likeness (QED) is 0.727. The van der Waals surface area contributed by atoms with E-state index in [1.807, 2.05) is 43.3 Å². The molecule has 2 N–H and O–H groups in total. The number of hydrogen-bond acceptors (Lipinski definition) is 3. The van der Waals surface area contributed by atoms with Gasteiger partial charge in [-0.2, -0.15) is 0 Å². The van der Waals surface area contributed by atoms with Gasteiger partial charge in [0.1, 0.15) is 11.9 Å². The summed E-state index contributed by atoms with van der Waals surface area (Å²) in [7, 11) is 0. The van der Waals surface area contributed by atoms with Crippen molar-refractivity contribution in [3.8, 4) is 5.75 Å². The smallest absolute Gasteiger partial charge is 0.251 e. The lowest BCUT2D eigenvalue weighted by Crippen LogP contribution is -2.31. The Morgan fingerprint density at radius 1 is 1.12 bits per heavy atom. The van der Waals surface area contributed by atoms with E-state index in [9.17, 15) is 4.79 Å². The zero-order valence-electron chi connectivity index (χ0n) is 14.8. The van der Waals surface area contributed by atoms with Crippen LogP contribution in [-0.4, -0.2) is 31.6 Å². The van der Waals surface area contributed by atoms with Crippen molar-refractivity contribution in [2.24, 2.45) is 0 Å². The summed E-state index contributed by atoms with van der Waals surface area (Å²) >= 11 is 0. The van der Waals surface area contributed by atoms with E-state index in [0.717, 1.165) is 49.2 Å². The summed E-state index contributed by atoms with van der Waals surface area (Å²) in [6, 6.07) is 15.9. The molecule has 3 rings (SSSR count). The Morgan fingerprint density at radius 2 is 1.96 bits per heavy atom. The van der Waals surface area contributed by atoms with Crippen LogP contribution in [0.1, 0.15) is 34.3 Å². The van der Waals surface area contributed by atoms with Crippen LogP contribution in [0.2, 0.25) is 0 Å². The molecule has 0 spiro atoms. The summed E-state index contributed by atoms with van der Waals surface area (Å²) in [4.78, 5) is 12.0. The number of para-hydroxylation sites is 1. The Bertz CT molecular complexity index is 690. The minimum atomic E-state index is 0.00813. The summed E-state index contributed by atoms with van der Waals surface area (Å²) in [6.45, 7) is 4.51. The molecule has 2 aromatic carbocycles. The van der Waals surface area contributed by atoms with Crippen molar-refractivity contribution < 1.29 is 9.53 Å². The first-order valence-corrected chi connectivity index (χ1v) is 9.02. The predicted octanol–water partition coefficient (Wildman–Crippen LogP) is 3.10. The fraction of sp³-hybridized carbons (Fsp3) is 0.381. The molecule has 0 aliphatic carbocycles. The van der Waals surface area contributed by atoms with Gasteiger partial charge in [-0.05, 0) is 50.1 Å².